The molecule has 3 unspecified atom stereocenters. The smallest absolute Gasteiger partial charge is 0.0662 e. The van der Waals surface area contributed by atoms with Gasteiger partial charge in [-0.15, -0.1) is 0 Å². The van der Waals surface area contributed by atoms with Crippen molar-refractivity contribution in [3.8, 4) is 0 Å². The van der Waals surface area contributed by atoms with Crippen LogP contribution < -0.4 is 0 Å². The van der Waals surface area contributed by atoms with E-state index in [2.05, 4.69) is 26.0 Å². The molecule has 0 aliphatic heterocycles. The van der Waals surface area contributed by atoms with Gasteiger partial charge >= 0.3 is 0 Å². The largest absolute Gasteiger partial charge is 0.394 e. The Morgan fingerprint density at radius 1 is 1.06 bits per heavy atom. The molecule has 3 aliphatic carbocycles. The third-order valence-corrected chi connectivity index (χ3v) is 8.34. The van der Waals surface area contributed by atoms with Crippen LogP contribution in [0.4, 0.5) is 0 Å². The summed E-state index contributed by atoms with van der Waals surface area (Å²) in [7, 11) is 0. The van der Waals surface area contributed by atoms with Crippen LogP contribution >= 0.6 is 0 Å². The zero-order valence-corrected chi connectivity index (χ0v) is 21.2. The van der Waals surface area contributed by atoms with Crippen LogP contribution in [-0.4, -0.2) is 45.3 Å². The van der Waals surface area contributed by atoms with Gasteiger partial charge in [0.2, 0.25) is 0 Å². The molecule has 0 aromatic rings. The first-order valence-corrected chi connectivity index (χ1v) is 13.1. The van der Waals surface area contributed by atoms with Crippen LogP contribution in [0.25, 0.3) is 0 Å². The van der Waals surface area contributed by atoms with Gasteiger partial charge in [0.1, 0.15) is 0 Å². The first-order chi connectivity index (χ1) is 15.1. The predicted octanol–water partition coefficient (Wildman–Crippen LogP) is 5.54. The molecule has 0 bridgehead atoms. The number of aliphatic hydroxyl groups excluding tert-OH is 3. The molecule has 5 atom stereocenters. The molecule has 4 N–H and O–H groups in total. The number of hydrogen-bond donors (Lipinski definition) is 4. The highest BCUT2D eigenvalue weighted by molar-refractivity contribution is 5.25. The van der Waals surface area contributed by atoms with Crippen molar-refractivity contribution in [2.45, 2.75) is 116 Å². The van der Waals surface area contributed by atoms with E-state index < -0.39 is 5.60 Å². The van der Waals surface area contributed by atoms with Gasteiger partial charge in [-0.25, -0.2) is 0 Å². The molecule has 4 heteroatoms. The van der Waals surface area contributed by atoms with E-state index in [1.165, 1.54) is 50.5 Å². The van der Waals surface area contributed by atoms with Crippen LogP contribution in [0, 0.1) is 23.2 Å². The summed E-state index contributed by atoms with van der Waals surface area (Å²) in [6.07, 6.45) is 18.9. The average molecular weight is 451 g/mol. The Hall–Kier alpha value is -0.680. The van der Waals surface area contributed by atoms with E-state index in [0.717, 1.165) is 49.9 Å². The van der Waals surface area contributed by atoms with Crippen molar-refractivity contribution in [3.05, 3.63) is 23.3 Å². The SMILES string of the molecule is C[C@@H](CCCC(C)(C)O)C1CCC2/C(=C/C=C3/CCC[C@H](O)C3)CCCC21C.OCCO. The first-order valence-electron chi connectivity index (χ1n) is 13.1. The van der Waals surface area contributed by atoms with Gasteiger partial charge in [0.05, 0.1) is 24.9 Å². The molecule has 32 heavy (non-hydrogen) atoms. The second-order valence-electron chi connectivity index (χ2n) is 11.5. The van der Waals surface area contributed by atoms with Gasteiger partial charge in [0, 0.05) is 0 Å². The summed E-state index contributed by atoms with van der Waals surface area (Å²) in [4.78, 5) is 0. The minimum atomic E-state index is -0.525. The summed E-state index contributed by atoms with van der Waals surface area (Å²) in [5.74, 6) is 2.34. The molecule has 3 fully saturated rings. The summed E-state index contributed by atoms with van der Waals surface area (Å²) in [6, 6.07) is 0. The predicted molar refractivity (Wildman–Crippen MR) is 132 cm³/mol. The van der Waals surface area contributed by atoms with Crippen LogP contribution in [-0.2, 0) is 0 Å². The van der Waals surface area contributed by atoms with Crippen molar-refractivity contribution in [1.29, 1.82) is 0 Å². The molecule has 0 amide bonds. The van der Waals surface area contributed by atoms with Crippen molar-refractivity contribution >= 4 is 0 Å². The lowest BCUT2D eigenvalue weighted by molar-refractivity contribution is 0.0596. The van der Waals surface area contributed by atoms with Gasteiger partial charge in [-0.3, -0.25) is 0 Å². The summed E-state index contributed by atoms with van der Waals surface area (Å²) >= 11 is 0. The van der Waals surface area contributed by atoms with Crippen molar-refractivity contribution in [1.82, 2.24) is 0 Å². The number of aliphatic hydroxyl groups is 4. The highest BCUT2D eigenvalue weighted by Gasteiger charge is 2.50. The number of fused-ring (bicyclic) bond motifs is 1. The third-order valence-electron chi connectivity index (χ3n) is 8.34. The molecule has 3 rings (SSSR count). The molecule has 0 aromatic carbocycles. The van der Waals surface area contributed by atoms with Gasteiger partial charge in [-0.1, -0.05) is 50.0 Å². The quantitative estimate of drug-likeness (QED) is 0.410. The van der Waals surface area contributed by atoms with E-state index in [4.69, 9.17) is 10.2 Å². The molecule has 3 saturated carbocycles. The van der Waals surface area contributed by atoms with Crippen molar-refractivity contribution in [3.63, 3.8) is 0 Å². The first kappa shape index (κ1) is 27.6. The maximum atomic E-state index is 10.0. The molecular weight excluding hydrogens is 400 g/mol. The number of rotatable bonds is 7. The lowest BCUT2D eigenvalue weighted by Crippen LogP contribution is -2.36. The van der Waals surface area contributed by atoms with Gasteiger partial charge in [-0.2, -0.15) is 0 Å². The zero-order valence-electron chi connectivity index (χ0n) is 21.2. The fraction of sp³-hybridized carbons (Fsp3) is 0.857. The van der Waals surface area contributed by atoms with Crippen molar-refractivity contribution in [2.24, 2.45) is 23.2 Å². The molecule has 4 nitrogen and oxygen atoms in total. The highest BCUT2D eigenvalue weighted by Crippen LogP contribution is 2.59. The van der Waals surface area contributed by atoms with Crippen LogP contribution in [0.2, 0.25) is 0 Å². The Kier molecular flexibility index (Phi) is 10.9. The Bertz CT molecular complexity index is 615. The zero-order chi connectivity index (χ0) is 23.8. The molecular formula is C28H50O4. The van der Waals surface area contributed by atoms with Crippen LogP contribution in [0.1, 0.15) is 105 Å². The minimum Gasteiger partial charge on any atom is -0.394 e. The lowest BCUT2D eigenvalue weighted by atomic mass is 9.60. The second-order valence-corrected chi connectivity index (χ2v) is 11.5. The van der Waals surface area contributed by atoms with E-state index in [-0.39, 0.29) is 19.3 Å². The Balaban J connectivity index is 0.000000837. The van der Waals surface area contributed by atoms with Gasteiger partial charge in [0.15, 0.2) is 0 Å². The standard InChI is InChI=1S/C26H44O2.C2H6O2/c1-19(8-6-16-25(2,3)28)23-14-15-24-21(10-7-17-26(23,24)4)13-12-20-9-5-11-22(27)18-20;3-1-2-4/h12-13,19,22-24,27-28H,5-11,14-18H2,1-4H3;3-4H,1-2H2/b20-12-,21-13+;/t19-,22-,23?,24?,26?;/m0./s1. The maximum Gasteiger partial charge on any atom is 0.0662 e. The Morgan fingerprint density at radius 3 is 2.41 bits per heavy atom. The van der Waals surface area contributed by atoms with Crippen LogP contribution in [0.3, 0.4) is 0 Å². The van der Waals surface area contributed by atoms with E-state index >= 15 is 0 Å². The van der Waals surface area contributed by atoms with E-state index in [0.29, 0.717) is 5.41 Å². The van der Waals surface area contributed by atoms with E-state index in [9.17, 15) is 10.2 Å². The number of allylic oxidation sites excluding steroid dienone is 3. The van der Waals surface area contributed by atoms with Crippen LogP contribution in [0.15, 0.2) is 23.3 Å². The minimum absolute atomic E-state index is 0.115. The average Bonchev–Trinajstić information content (AvgIpc) is 3.09. The summed E-state index contributed by atoms with van der Waals surface area (Å²) < 4.78 is 0. The van der Waals surface area contributed by atoms with Crippen LogP contribution in [0.5, 0.6) is 0 Å². The van der Waals surface area contributed by atoms with Gasteiger partial charge in [0.25, 0.3) is 0 Å². The van der Waals surface area contributed by atoms with Crippen molar-refractivity contribution in [2.75, 3.05) is 13.2 Å². The Labute approximate surface area is 196 Å². The highest BCUT2D eigenvalue weighted by atomic mass is 16.3. The lowest BCUT2D eigenvalue weighted by Gasteiger charge is -2.44. The third kappa shape index (κ3) is 7.97. The monoisotopic (exact) mass is 450 g/mol. The normalized spacial score (nSPS) is 34.2. The summed E-state index contributed by atoms with van der Waals surface area (Å²) in [6.45, 7) is 8.66. The van der Waals surface area contributed by atoms with Crippen molar-refractivity contribution < 1.29 is 20.4 Å². The molecule has 0 aromatic heterocycles. The maximum absolute atomic E-state index is 10.0. The topological polar surface area (TPSA) is 80.9 Å². The van der Waals surface area contributed by atoms with Gasteiger partial charge in [-0.05, 0) is 101 Å². The molecule has 3 aliphatic rings. The molecule has 0 heterocycles. The Morgan fingerprint density at radius 2 is 1.78 bits per heavy atom. The molecule has 0 spiro atoms. The van der Waals surface area contributed by atoms with E-state index in [1.807, 2.05) is 13.8 Å². The summed E-state index contributed by atoms with van der Waals surface area (Å²) in [5, 5.41) is 35.2. The summed E-state index contributed by atoms with van der Waals surface area (Å²) in [5.41, 5.74) is 3.08. The molecule has 0 saturated heterocycles. The fourth-order valence-electron chi connectivity index (χ4n) is 6.72. The van der Waals surface area contributed by atoms with Gasteiger partial charge < -0.3 is 20.4 Å². The van der Waals surface area contributed by atoms with E-state index in [1.54, 1.807) is 5.57 Å². The number of hydrogen-bond acceptors (Lipinski definition) is 4. The molecule has 186 valence electrons. The fourth-order valence-corrected chi connectivity index (χ4v) is 6.72. The molecule has 0 radical (unpaired) electrons. The second kappa shape index (κ2) is 12.7.